The molecule has 6 nitrogen and oxygen atoms in total. The lowest BCUT2D eigenvalue weighted by molar-refractivity contribution is 0.0697. The second kappa shape index (κ2) is 8.77. The largest absolute Gasteiger partial charge is 0.497 e. The van der Waals surface area contributed by atoms with E-state index in [-0.39, 0.29) is 17.2 Å². The van der Waals surface area contributed by atoms with Crippen LogP contribution in [0.1, 0.15) is 45.1 Å². The van der Waals surface area contributed by atoms with E-state index in [2.05, 4.69) is 18.2 Å². The van der Waals surface area contributed by atoms with Gasteiger partial charge in [0.15, 0.2) is 4.80 Å². The second-order valence-electron chi connectivity index (χ2n) is 8.82. The highest BCUT2D eigenvalue weighted by atomic mass is 32.1. The zero-order valence-corrected chi connectivity index (χ0v) is 20.3. The molecule has 0 saturated carbocycles. The molecule has 0 saturated heterocycles. The van der Waals surface area contributed by atoms with Crippen molar-refractivity contribution >= 4 is 29.1 Å². The number of hydrogen-bond donors (Lipinski definition) is 1. The van der Waals surface area contributed by atoms with Gasteiger partial charge in [-0.2, -0.15) is 0 Å². The van der Waals surface area contributed by atoms with Crippen molar-refractivity contribution in [3.05, 3.63) is 126 Å². The lowest BCUT2D eigenvalue weighted by atomic mass is 9.83. The fraction of sp³-hybridized carbons (Fsp3) is 0.138. The van der Waals surface area contributed by atoms with Crippen LogP contribution in [0.2, 0.25) is 0 Å². The van der Waals surface area contributed by atoms with Crippen molar-refractivity contribution in [2.24, 2.45) is 4.99 Å². The summed E-state index contributed by atoms with van der Waals surface area (Å²) in [5.41, 5.74) is 6.30. The maximum absolute atomic E-state index is 13.8. The lowest BCUT2D eigenvalue weighted by Crippen LogP contribution is -2.38. The van der Waals surface area contributed by atoms with E-state index in [4.69, 9.17) is 9.73 Å². The summed E-state index contributed by atoms with van der Waals surface area (Å²) in [5.74, 6) is -0.242. The Kier molecular flexibility index (Phi) is 5.42. The standard InChI is InChI=1S/C29H22N2O4S/c1-35-21-7-4-6-20(16-21)26-23-14-13-18-5-2-3-8-22(18)25(23)30-29-31(26)27(32)24(36-29)15-17-9-11-19(12-10-17)28(33)34/h2-12,15-16,26H,13-14H2,1H3,(H,33,34)/t26-/m1/s1. The van der Waals surface area contributed by atoms with E-state index < -0.39 is 5.97 Å². The van der Waals surface area contributed by atoms with Crippen LogP contribution in [0.4, 0.5) is 0 Å². The molecule has 4 aromatic rings. The lowest BCUT2D eigenvalue weighted by Gasteiger charge is -2.31. The number of fused-ring (bicyclic) bond motifs is 3. The van der Waals surface area contributed by atoms with E-state index in [1.165, 1.54) is 16.9 Å². The monoisotopic (exact) mass is 494 g/mol. The number of carboxylic acids is 1. The van der Waals surface area contributed by atoms with Gasteiger partial charge in [-0.3, -0.25) is 9.36 Å². The first kappa shape index (κ1) is 22.2. The summed E-state index contributed by atoms with van der Waals surface area (Å²) >= 11 is 1.35. The number of nitrogens with zero attached hydrogens (tertiary/aromatic N) is 2. The van der Waals surface area contributed by atoms with E-state index in [0.29, 0.717) is 9.33 Å². The maximum atomic E-state index is 13.8. The van der Waals surface area contributed by atoms with Crippen molar-refractivity contribution in [3.63, 3.8) is 0 Å². The molecule has 0 unspecified atom stereocenters. The molecule has 178 valence electrons. The van der Waals surface area contributed by atoms with E-state index in [1.54, 1.807) is 42.0 Å². The first-order valence-corrected chi connectivity index (χ1v) is 12.5. The van der Waals surface area contributed by atoms with Gasteiger partial charge in [-0.05, 0) is 65.4 Å². The molecule has 2 aliphatic rings. The Morgan fingerprint density at radius 1 is 1.08 bits per heavy atom. The van der Waals surface area contributed by atoms with Gasteiger partial charge in [0.25, 0.3) is 5.56 Å². The molecule has 1 aliphatic heterocycles. The Bertz CT molecular complexity index is 1730. The number of rotatable bonds is 4. The number of carboxylic acid groups (broad SMARTS) is 1. The van der Waals surface area contributed by atoms with Crippen LogP contribution in [0, 0.1) is 0 Å². The second-order valence-corrected chi connectivity index (χ2v) is 9.83. The molecule has 0 bridgehead atoms. The van der Waals surface area contributed by atoms with Crippen LogP contribution in [0.25, 0.3) is 11.8 Å². The van der Waals surface area contributed by atoms with Gasteiger partial charge < -0.3 is 9.84 Å². The minimum atomic E-state index is -0.981. The van der Waals surface area contributed by atoms with Crippen LogP contribution in [0.5, 0.6) is 5.75 Å². The van der Waals surface area contributed by atoms with Crippen LogP contribution in [0.15, 0.2) is 88.2 Å². The van der Waals surface area contributed by atoms with Crippen LogP contribution in [-0.2, 0) is 6.42 Å². The number of hydrogen-bond acceptors (Lipinski definition) is 5. The third-order valence-electron chi connectivity index (χ3n) is 6.74. The average molecular weight is 495 g/mol. The van der Waals surface area contributed by atoms with Crippen LogP contribution < -0.4 is 19.6 Å². The van der Waals surface area contributed by atoms with Gasteiger partial charge in [0.1, 0.15) is 5.75 Å². The summed E-state index contributed by atoms with van der Waals surface area (Å²) in [6, 6.07) is 22.4. The highest BCUT2D eigenvalue weighted by molar-refractivity contribution is 7.07. The zero-order chi connectivity index (χ0) is 24.8. The number of aromatic nitrogens is 1. The highest BCUT2D eigenvalue weighted by Gasteiger charge is 2.32. The molecule has 0 amide bonds. The molecule has 0 radical (unpaired) electrons. The molecule has 0 fully saturated rings. The Labute approximate surface area is 210 Å². The topological polar surface area (TPSA) is 80.9 Å². The summed E-state index contributed by atoms with van der Waals surface area (Å²) in [6.07, 6.45) is 3.51. The number of ether oxygens (including phenoxy) is 1. The van der Waals surface area contributed by atoms with E-state index in [1.807, 2.05) is 30.3 Å². The summed E-state index contributed by atoms with van der Waals surface area (Å²) < 4.78 is 7.84. The van der Waals surface area contributed by atoms with E-state index >= 15 is 0 Å². The Morgan fingerprint density at radius 2 is 1.89 bits per heavy atom. The molecule has 1 atom stereocenters. The highest BCUT2D eigenvalue weighted by Crippen LogP contribution is 2.41. The number of benzene rings is 3. The minimum absolute atomic E-state index is 0.112. The van der Waals surface area contributed by atoms with Gasteiger partial charge in [-0.25, -0.2) is 9.79 Å². The molecular weight excluding hydrogens is 472 g/mol. The fourth-order valence-electron chi connectivity index (χ4n) is 5.01. The van der Waals surface area contributed by atoms with Crippen LogP contribution >= 0.6 is 11.3 Å². The molecule has 0 spiro atoms. The predicted molar refractivity (Wildman–Crippen MR) is 139 cm³/mol. The van der Waals surface area contributed by atoms with Crippen molar-refractivity contribution in [3.8, 4) is 5.75 Å². The predicted octanol–water partition coefficient (Wildman–Crippen LogP) is 4.03. The minimum Gasteiger partial charge on any atom is -0.497 e. The quantitative estimate of drug-likeness (QED) is 0.465. The van der Waals surface area contributed by atoms with Crippen molar-refractivity contribution in [1.29, 1.82) is 0 Å². The Balaban J connectivity index is 1.58. The Hall–Kier alpha value is -4.23. The number of methoxy groups -OCH3 is 1. The van der Waals surface area contributed by atoms with Crippen molar-refractivity contribution in [2.75, 3.05) is 7.11 Å². The summed E-state index contributed by atoms with van der Waals surface area (Å²) in [7, 11) is 1.64. The number of thiazole rings is 1. The molecule has 3 aromatic carbocycles. The van der Waals surface area contributed by atoms with E-state index in [9.17, 15) is 14.7 Å². The third-order valence-corrected chi connectivity index (χ3v) is 7.72. The SMILES string of the molecule is COc1cccc([C@@H]2C3=C(N=c4sc(=Cc5ccc(C(=O)O)cc5)c(=O)n42)c2ccccc2CC3)c1. The molecular formula is C29H22N2O4S. The van der Waals surface area contributed by atoms with Crippen molar-refractivity contribution < 1.29 is 14.6 Å². The van der Waals surface area contributed by atoms with Crippen LogP contribution in [0.3, 0.4) is 0 Å². The molecule has 1 aliphatic carbocycles. The molecule has 2 heterocycles. The first-order valence-electron chi connectivity index (χ1n) is 11.6. The van der Waals surface area contributed by atoms with Gasteiger partial charge in [0.2, 0.25) is 0 Å². The zero-order valence-electron chi connectivity index (χ0n) is 19.5. The van der Waals surface area contributed by atoms with Crippen molar-refractivity contribution in [1.82, 2.24) is 4.57 Å². The molecule has 1 N–H and O–H groups in total. The number of allylic oxidation sites excluding steroid dienone is 1. The number of carbonyl (C=O) groups is 1. The normalized spacial score (nSPS) is 16.6. The van der Waals surface area contributed by atoms with Gasteiger partial charge in [-0.1, -0.05) is 59.9 Å². The summed E-state index contributed by atoms with van der Waals surface area (Å²) in [5, 5.41) is 9.18. The number of aromatic carboxylic acids is 1. The molecule has 36 heavy (non-hydrogen) atoms. The van der Waals surface area contributed by atoms with E-state index in [0.717, 1.165) is 46.6 Å². The molecule has 1 aromatic heterocycles. The Morgan fingerprint density at radius 3 is 2.67 bits per heavy atom. The molecule has 7 heteroatoms. The summed E-state index contributed by atoms with van der Waals surface area (Å²) in [4.78, 5) is 30.7. The van der Waals surface area contributed by atoms with Gasteiger partial charge in [-0.15, -0.1) is 0 Å². The van der Waals surface area contributed by atoms with Gasteiger partial charge in [0.05, 0.1) is 28.9 Å². The fourth-order valence-corrected chi connectivity index (χ4v) is 6.01. The van der Waals surface area contributed by atoms with Gasteiger partial charge >= 0.3 is 5.97 Å². The van der Waals surface area contributed by atoms with Crippen LogP contribution in [-0.4, -0.2) is 22.8 Å². The smallest absolute Gasteiger partial charge is 0.335 e. The third kappa shape index (κ3) is 3.69. The number of aryl methyl sites for hydroxylation is 1. The van der Waals surface area contributed by atoms with Gasteiger partial charge in [0, 0.05) is 5.56 Å². The van der Waals surface area contributed by atoms with Crippen molar-refractivity contribution in [2.45, 2.75) is 18.9 Å². The molecule has 6 rings (SSSR count). The maximum Gasteiger partial charge on any atom is 0.335 e. The summed E-state index contributed by atoms with van der Waals surface area (Å²) in [6.45, 7) is 0. The average Bonchev–Trinajstić information content (AvgIpc) is 3.22. The first-order chi connectivity index (χ1) is 17.5.